The van der Waals surface area contributed by atoms with E-state index in [0.29, 0.717) is 19.6 Å². The van der Waals surface area contributed by atoms with Crippen molar-refractivity contribution in [1.29, 1.82) is 0 Å². The molecule has 1 saturated heterocycles. The van der Waals surface area contributed by atoms with Crippen LogP contribution >= 0.6 is 0 Å². The molecule has 6 heteroatoms. The van der Waals surface area contributed by atoms with Gasteiger partial charge in [-0.25, -0.2) is 4.79 Å². The molecule has 0 saturated carbocycles. The molecule has 0 bridgehead atoms. The molecule has 0 aromatic rings. The summed E-state index contributed by atoms with van der Waals surface area (Å²) in [6.45, 7) is 5.87. The van der Waals surface area contributed by atoms with Crippen LogP contribution in [-0.2, 0) is 14.3 Å². The molecule has 18 heavy (non-hydrogen) atoms. The first-order valence-electron chi connectivity index (χ1n) is 6.33. The second-order valence-corrected chi connectivity index (χ2v) is 4.99. The van der Waals surface area contributed by atoms with Crippen LogP contribution in [-0.4, -0.2) is 48.8 Å². The summed E-state index contributed by atoms with van der Waals surface area (Å²) < 4.78 is 5.40. The fourth-order valence-electron chi connectivity index (χ4n) is 1.90. The highest BCUT2D eigenvalue weighted by atomic mass is 16.5. The molecular weight excluding hydrogens is 236 g/mol. The lowest BCUT2D eigenvalue weighted by molar-refractivity contribution is -0.142. The van der Waals surface area contributed by atoms with Gasteiger partial charge in [0, 0.05) is 13.1 Å². The number of nitrogens with one attached hydrogen (secondary N) is 2. The van der Waals surface area contributed by atoms with E-state index in [4.69, 9.17) is 9.84 Å². The van der Waals surface area contributed by atoms with E-state index in [1.54, 1.807) is 0 Å². The van der Waals surface area contributed by atoms with E-state index in [0.717, 1.165) is 6.54 Å². The van der Waals surface area contributed by atoms with Crippen LogP contribution in [0.3, 0.4) is 0 Å². The summed E-state index contributed by atoms with van der Waals surface area (Å²) in [6, 6.07) is -0.811. The maximum Gasteiger partial charge on any atom is 0.326 e. The number of hydrogen-bond acceptors (Lipinski definition) is 4. The molecule has 0 aromatic heterocycles. The Morgan fingerprint density at radius 2 is 2.22 bits per heavy atom. The number of carboxylic acid groups (broad SMARTS) is 1. The van der Waals surface area contributed by atoms with Crippen molar-refractivity contribution in [1.82, 2.24) is 10.6 Å². The molecule has 1 rings (SSSR count). The van der Waals surface area contributed by atoms with Gasteiger partial charge in [-0.1, -0.05) is 13.8 Å². The maximum absolute atomic E-state index is 11.7. The van der Waals surface area contributed by atoms with E-state index in [2.05, 4.69) is 10.6 Å². The minimum atomic E-state index is -0.986. The van der Waals surface area contributed by atoms with E-state index in [9.17, 15) is 9.59 Å². The minimum absolute atomic E-state index is 0.160. The highest BCUT2D eigenvalue weighted by Crippen LogP contribution is 2.07. The average molecular weight is 258 g/mol. The van der Waals surface area contributed by atoms with Crippen molar-refractivity contribution in [2.75, 3.05) is 19.7 Å². The number of hydrogen-bond donors (Lipinski definition) is 3. The number of aliphatic carboxylic acids is 1. The SMILES string of the molecule is CC(C)C[C@H](NC(=O)CC1CNCCO1)C(=O)O. The van der Waals surface area contributed by atoms with Crippen LogP contribution in [0.4, 0.5) is 0 Å². The predicted molar refractivity (Wildman–Crippen MR) is 66.2 cm³/mol. The molecule has 0 spiro atoms. The monoisotopic (exact) mass is 258 g/mol. The molecule has 104 valence electrons. The van der Waals surface area contributed by atoms with Gasteiger partial charge in [0.1, 0.15) is 6.04 Å². The number of ether oxygens (including phenoxy) is 1. The van der Waals surface area contributed by atoms with Crippen molar-refractivity contribution < 1.29 is 19.4 Å². The van der Waals surface area contributed by atoms with Gasteiger partial charge in [-0.05, 0) is 12.3 Å². The Hall–Kier alpha value is -1.14. The van der Waals surface area contributed by atoms with Crippen molar-refractivity contribution in [2.24, 2.45) is 5.92 Å². The Bertz CT molecular complexity index is 288. The van der Waals surface area contributed by atoms with E-state index >= 15 is 0 Å². The zero-order valence-corrected chi connectivity index (χ0v) is 10.9. The number of rotatable bonds is 6. The first-order valence-corrected chi connectivity index (χ1v) is 6.33. The van der Waals surface area contributed by atoms with E-state index < -0.39 is 12.0 Å². The second kappa shape index (κ2) is 7.33. The van der Waals surface area contributed by atoms with Gasteiger partial charge in [0.15, 0.2) is 0 Å². The second-order valence-electron chi connectivity index (χ2n) is 4.99. The van der Waals surface area contributed by atoms with Crippen LogP contribution in [0.25, 0.3) is 0 Å². The number of amides is 1. The third-order valence-corrected chi connectivity index (χ3v) is 2.76. The molecule has 0 aliphatic carbocycles. The third kappa shape index (κ3) is 5.46. The number of morpholine rings is 1. The van der Waals surface area contributed by atoms with Gasteiger partial charge in [0.05, 0.1) is 19.1 Å². The van der Waals surface area contributed by atoms with Crippen LogP contribution < -0.4 is 10.6 Å². The van der Waals surface area contributed by atoms with Crippen molar-refractivity contribution in [3.8, 4) is 0 Å². The summed E-state index contributed by atoms with van der Waals surface area (Å²) in [5, 5.41) is 14.7. The molecule has 1 amide bonds. The standard InChI is InChI=1S/C12H22N2O4/c1-8(2)5-10(12(16)17)14-11(15)6-9-7-13-3-4-18-9/h8-10,13H,3-7H2,1-2H3,(H,14,15)(H,16,17)/t9?,10-/m0/s1. The first-order chi connectivity index (χ1) is 8.49. The Labute approximate surface area is 107 Å². The molecule has 0 radical (unpaired) electrons. The summed E-state index contributed by atoms with van der Waals surface area (Å²) in [5.74, 6) is -1.03. The highest BCUT2D eigenvalue weighted by molar-refractivity contribution is 5.83. The zero-order valence-electron chi connectivity index (χ0n) is 10.9. The van der Waals surface area contributed by atoms with Gasteiger partial charge in [-0.2, -0.15) is 0 Å². The number of carboxylic acids is 1. The lowest BCUT2D eigenvalue weighted by Gasteiger charge is -2.24. The fraction of sp³-hybridized carbons (Fsp3) is 0.833. The average Bonchev–Trinajstić information content (AvgIpc) is 2.28. The molecule has 1 aliphatic heterocycles. The van der Waals surface area contributed by atoms with Crippen LogP contribution in [0.5, 0.6) is 0 Å². The van der Waals surface area contributed by atoms with Gasteiger partial charge in [-0.15, -0.1) is 0 Å². The molecule has 1 heterocycles. The number of carbonyl (C=O) groups is 2. The summed E-state index contributed by atoms with van der Waals surface area (Å²) in [4.78, 5) is 22.7. The smallest absolute Gasteiger partial charge is 0.326 e. The Morgan fingerprint density at radius 1 is 1.50 bits per heavy atom. The molecule has 1 aliphatic rings. The van der Waals surface area contributed by atoms with Gasteiger partial charge < -0.3 is 20.5 Å². The fourth-order valence-corrected chi connectivity index (χ4v) is 1.90. The Morgan fingerprint density at radius 3 is 2.72 bits per heavy atom. The van der Waals surface area contributed by atoms with Gasteiger partial charge in [0.25, 0.3) is 0 Å². The maximum atomic E-state index is 11.7. The quantitative estimate of drug-likeness (QED) is 0.623. The molecule has 2 atom stereocenters. The highest BCUT2D eigenvalue weighted by Gasteiger charge is 2.23. The van der Waals surface area contributed by atoms with Crippen molar-refractivity contribution in [3.05, 3.63) is 0 Å². The van der Waals surface area contributed by atoms with Gasteiger partial charge in [0.2, 0.25) is 5.91 Å². The van der Waals surface area contributed by atoms with Crippen LogP contribution in [0, 0.1) is 5.92 Å². The molecule has 1 unspecified atom stereocenters. The molecule has 3 N–H and O–H groups in total. The Balaban J connectivity index is 2.37. The molecule has 6 nitrogen and oxygen atoms in total. The van der Waals surface area contributed by atoms with Crippen LogP contribution in [0.2, 0.25) is 0 Å². The zero-order chi connectivity index (χ0) is 13.5. The lowest BCUT2D eigenvalue weighted by Crippen LogP contribution is -2.45. The van der Waals surface area contributed by atoms with Crippen molar-refractivity contribution in [3.63, 3.8) is 0 Å². The molecule has 1 fully saturated rings. The summed E-state index contributed by atoms with van der Waals surface area (Å²) in [7, 11) is 0. The molecule has 0 aromatic carbocycles. The predicted octanol–water partition coefficient (Wildman–Crippen LogP) is -0.0196. The van der Waals surface area contributed by atoms with Crippen LogP contribution in [0.1, 0.15) is 26.7 Å². The first kappa shape index (κ1) is 14.9. The van der Waals surface area contributed by atoms with Crippen molar-refractivity contribution >= 4 is 11.9 Å². The normalized spacial score (nSPS) is 21.6. The van der Waals surface area contributed by atoms with Crippen LogP contribution in [0.15, 0.2) is 0 Å². The topological polar surface area (TPSA) is 87.7 Å². The summed E-state index contributed by atoms with van der Waals surface area (Å²) >= 11 is 0. The van der Waals surface area contributed by atoms with Crippen molar-refractivity contribution in [2.45, 2.75) is 38.8 Å². The van der Waals surface area contributed by atoms with Gasteiger partial charge >= 0.3 is 5.97 Å². The van der Waals surface area contributed by atoms with E-state index in [1.807, 2.05) is 13.8 Å². The minimum Gasteiger partial charge on any atom is -0.480 e. The largest absolute Gasteiger partial charge is 0.480 e. The third-order valence-electron chi connectivity index (χ3n) is 2.76. The van der Waals surface area contributed by atoms with E-state index in [-0.39, 0.29) is 24.3 Å². The summed E-state index contributed by atoms with van der Waals surface area (Å²) in [5.41, 5.74) is 0. The van der Waals surface area contributed by atoms with E-state index in [1.165, 1.54) is 0 Å². The lowest BCUT2D eigenvalue weighted by atomic mass is 10.0. The molecular formula is C12H22N2O4. The van der Waals surface area contributed by atoms with Gasteiger partial charge in [-0.3, -0.25) is 4.79 Å². The number of carbonyl (C=O) groups excluding carboxylic acids is 1. The Kier molecular flexibility index (Phi) is 6.07. The summed E-state index contributed by atoms with van der Waals surface area (Å²) in [6.07, 6.45) is 0.479.